The van der Waals surface area contributed by atoms with Gasteiger partial charge in [-0.25, -0.2) is 4.39 Å². The SMILES string of the molecule is CC1=C(C)C(=O)C(CC[C@](C)(O)CC/C=C(\C)CC/C=C(\C)CC/C=C(\C)CF)=C(C)C1=O. The lowest BCUT2D eigenvalue weighted by atomic mass is 9.82. The van der Waals surface area contributed by atoms with E-state index in [2.05, 4.69) is 26.0 Å². The zero-order valence-electron chi connectivity index (χ0n) is 21.7. The fourth-order valence-corrected chi connectivity index (χ4v) is 3.96. The van der Waals surface area contributed by atoms with Gasteiger partial charge in [-0.05, 0) is 105 Å². The van der Waals surface area contributed by atoms with Gasteiger partial charge in [0.15, 0.2) is 11.6 Å². The molecule has 0 spiro atoms. The van der Waals surface area contributed by atoms with Crippen LogP contribution in [0, 0.1) is 0 Å². The van der Waals surface area contributed by atoms with E-state index in [-0.39, 0.29) is 18.2 Å². The first kappa shape index (κ1) is 29.0. The molecular weight excluding hydrogens is 415 g/mol. The summed E-state index contributed by atoms with van der Waals surface area (Å²) >= 11 is 0. The normalized spacial score (nSPS) is 18.4. The van der Waals surface area contributed by atoms with Gasteiger partial charge in [-0.3, -0.25) is 9.59 Å². The van der Waals surface area contributed by atoms with E-state index in [1.807, 2.05) is 13.0 Å². The number of halogens is 1. The zero-order valence-corrected chi connectivity index (χ0v) is 21.7. The third-order valence-corrected chi connectivity index (χ3v) is 6.67. The summed E-state index contributed by atoms with van der Waals surface area (Å²) in [5.41, 5.74) is 4.65. The van der Waals surface area contributed by atoms with Crippen molar-refractivity contribution in [2.45, 2.75) is 105 Å². The first-order valence-corrected chi connectivity index (χ1v) is 12.1. The number of allylic oxidation sites excluding steroid dienone is 10. The largest absolute Gasteiger partial charge is 0.390 e. The monoisotopic (exact) mass is 458 g/mol. The zero-order chi connectivity index (χ0) is 25.2. The second-order valence-corrected chi connectivity index (χ2v) is 9.91. The maximum absolute atomic E-state index is 12.6. The highest BCUT2D eigenvalue weighted by atomic mass is 19.1. The number of carbonyl (C=O) groups excluding carboxylic acids is 2. The Bertz CT molecular complexity index is 879. The molecule has 1 rings (SSSR count). The van der Waals surface area contributed by atoms with E-state index >= 15 is 0 Å². The molecule has 0 saturated carbocycles. The Balaban J connectivity index is 2.47. The van der Waals surface area contributed by atoms with Crippen LogP contribution < -0.4 is 0 Å². The van der Waals surface area contributed by atoms with Crippen LogP contribution in [-0.2, 0) is 9.59 Å². The minimum Gasteiger partial charge on any atom is -0.390 e. The Morgan fingerprint density at radius 1 is 0.788 bits per heavy atom. The van der Waals surface area contributed by atoms with Gasteiger partial charge in [-0.1, -0.05) is 29.4 Å². The van der Waals surface area contributed by atoms with Gasteiger partial charge < -0.3 is 5.11 Å². The van der Waals surface area contributed by atoms with Crippen LogP contribution in [0.5, 0.6) is 0 Å². The minimum atomic E-state index is -0.890. The second kappa shape index (κ2) is 13.6. The van der Waals surface area contributed by atoms with Crippen molar-refractivity contribution in [2.75, 3.05) is 6.67 Å². The number of hydrogen-bond acceptors (Lipinski definition) is 3. The Hall–Kier alpha value is -2.07. The Labute approximate surface area is 200 Å². The van der Waals surface area contributed by atoms with Crippen LogP contribution in [0.2, 0.25) is 0 Å². The highest BCUT2D eigenvalue weighted by Crippen LogP contribution is 2.30. The van der Waals surface area contributed by atoms with E-state index in [4.69, 9.17) is 0 Å². The van der Waals surface area contributed by atoms with Crippen LogP contribution in [-0.4, -0.2) is 28.9 Å². The molecule has 0 saturated heterocycles. The molecule has 3 nitrogen and oxygen atoms in total. The van der Waals surface area contributed by atoms with Crippen LogP contribution in [0.1, 0.15) is 99.8 Å². The summed E-state index contributed by atoms with van der Waals surface area (Å²) in [7, 11) is 0. The molecule has 0 radical (unpaired) electrons. The van der Waals surface area contributed by atoms with Crippen LogP contribution in [0.3, 0.4) is 0 Å². The van der Waals surface area contributed by atoms with Crippen molar-refractivity contribution in [3.8, 4) is 0 Å². The summed E-state index contributed by atoms with van der Waals surface area (Å²) in [5, 5.41) is 10.8. The minimum absolute atomic E-state index is 0.0593. The molecule has 1 atom stereocenters. The highest BCUT2D eigenvalue weighted by molar-refractivity contribution is 6.24. The second-order valence-electron chi connectivity index (χ2n) is 9.91. The Morgan fingerprint density at radius 2 is 1.27 bits per heavy atom. The molecule has 0 unspecified atom stereocenters. The third-order valence-electron chi connectivity index (χ3n) is 6.67. The molecule has 0 aromatic heterocycles. The van der Waals surface area contributed by atoms with Gasteiger partial charge in [-0.2, -0.15) is 0 Å². The predicted molar refractivity (Wildman–Crippen MR) is 136 cm³/mol. The number of carbonyl (C=O) groups is 2. The average molecular weight is 459 g/mol. The van der Waals surface area contributed by atoms with Crippen molar-refractivity contribution in [3.05, 3.63) is 57.2 Å². The molecule has 0 aliphatic heterocycles. The van der Waals surface area contributed by atoms with Crippen molar-refractivity contribution < 1.29 is 19.1 Å². The first-order chi connectivity index (χ1) is 15.4. The number of ketones is 2. The lowest BCUT2D eigenvalue weighted by Gasteiger charge is -2.25. The number of hydrogen-bond donors (Lipinski definition) is 1. The predicted octanol–water partition coefficient (Wildman–Crippen LogP) is 7.47. The molecule has 1 N–H and O–H groups in total. The van der Waals surface area contributed by atoms with Gasteiger partial charge in [0.2, 0.25) is 0 Å². The maximum Gasteiger partial charge on any atom is 0.185 e. The van der Waals surface area contributed by atoms with E-state index in [0.717, 1.165) is 37.7 Å². The van der Waals surface area contributed by atoms with E-state index in [9.17, 15) is 19.1 Å². The lowest BCUT2D eigenvalue weighted by molar-refractivity contribution is -0.116. The lowest BCUT2D eigenvalue weighted by Crippen LogP contribution is -2.26. The van der Waals surface area contributed by atoms with Crippen LogP contribution in [0.15, 0.2) is 57.2 Å². The maximum atomic E-state index is 12.6. The molecule has 0 heterocycles. The summed E-state index contributed by atoms with van der Waals surface area (Å²) in [6, 6.07) is 0. The van der Waals surface area contributed by atoms with Crippen molar-refractivity contribution in [2.24, 2.45) is 0 Å². The first-order valence-electron chi connectivity index (χ1n) is 12.1. The molecule has 1 aliphatic rings. The molecule has 0 aromatic rings. The van der Waals surface area contributed by atoms with E-state index < -0.39 is 5.60 Å². The van der Waals surface area contributed by atoms with Gasteiger partial charge in [0.25, 0.3) is 0 Å². The number of rotatable bonds is 13. The quantitative estimate of drug-likeness (QED) is 0.230. The number of alkyl halides is 1. The van der Waals surface area contributed by atoms with Crippen molar-refractivity contribution in [3.63, 3.8) is 0 Å². The topological polar surface area (TPSA) is 54.4 Å². The standard InChI is InChI=1S/C29H43FO3/c1-20(13-9-14-22(3)19-30)11-8-12-21(2)15-10-17-29(7,33)18-16-26-25(6)27(31)23(4)24(5)28(26)32/h11,14-15,33H,8-10,12-13,16-19H2,1-7H3/b20-11+,21-15+,22-14+/t29-/m1/s1. The molecule has 1 aliphatic carbocycles. The van der Waals surface area contributed by atoms with Gasteiger partial charge in [-0.15, -0.1) is 0 Å². The molecule has 0 bridgehead atoms. The molecule has 4 heteroatoms. The summed E-state index contributed by atoms with van der Waals surface area (Å²) in [6.45, 7) is 12.6. The summed E-state index contributed by atoms with van der Waals surface area (Å²) < 4.78 is 12.4. The van der Waals surface area contributed by atoms with Gasteiger partial charge in [0.1, 0.15) is 6.67 Å². The molecule has 0 aromatic carbocycles. The van der Waals surface area contributed by atoms with Crippen LogP contribution in [0.4, 0.5) is 4.39 Å². The number of Topliss-reactive ketones (excluding diaryl/α,β-unsaturated/α-hetero) is 2. The summed E-state index contributed by atoms with van der Waals surface area (Å²) in [6.07, 6.45) is 12.5. The fraction of sp³-hybridized carbons (Fsp3) is 0.586. The van der Waals surface area contributed by atoms with Gasteiger partial charge in [0, 0.05) is 22.3 Å². The molecule has 0 fully saturated rings. The number of aliphatic hydroxyl groups is 1. The van der Waals surface area contributed by atoms with E-state index in [1.165, 1.54) is 11.1 Å². The van der Waals surface area contributed by atoms with E-state index in [1.54, 1.807) is 27.7 Å². The van der Waals surface area contributed by atoms with Crippen LogP contribution >= 0.6 is 0 Å². The summed E-state index contributed by atoms with van der Waals surface area (Å²) in [5.74, 6) is -0.121. The Morgan fingerprint density at radius 3 is 1.82 bits per heavy atom. The van der Waals surface area contributed by atoms with Crippen molar-refractivity contribution in [1.29, 1.82) is 0 Å². The highest BCUT2D eigenvalue weighted by Gasteiger charge is 2.29. The fourth-order valence-electron chi connectivity index (χ4n) is 3.96. The summed E-state index contributed by atoms with van der Waals surface area (Å²) in [4.78, 5) is 24.9. The smallest absolute Gasteiger partial charge is 0.185 e. The van der Waals surface area contributed by atoms with Crippen molar-refractivity contribution in [1.82, 2.24) is 0 Å². The van der Waals surface area contributed by atoms with Crippen molar-refractivity contribution >= 4 is 11.6 Å². The van der Waals surface area contributed by atoms with E-state index in [0.29, 0.717) is 41.6 Å². The molecule has 33 heavy (non-hydrogen) atoms. The molecule has 184 valence electrons. The average Bonchev–Trinajstić information content (AvgIpc) is 2.76. The van der Waals surface area contributed by atoms with Crippen LogP contribution in [0.25, 0.3) is 0 Å². The molecule has 0 amide bonds. The van der Waals surface area contributed by atoms with Gasteiger partial charge in [0.05, 0.1) is 5.60 Å². The van der Waals surface area contributed by atoms with Gasteiger partial charge >= 0.3 is 0 Å². The molecular formula is C29H43FO3. The third kappa shape index (κ3) is 9.75. The Kier molecular flexibility index (Phi) is 11.9.